The van der Waals surface area contributed by atoms with Crippen LogP contribution < -0.4 is 4.90 Å². The van der Waals surface area contributed by atoms with Crippen molar-refractivity contribution in [3.8, 4) is 5.75 Å². The number of hydrogen-bond acceptors (Lipinski definition) is 2. The minimum absolute atomic E-state index is 0.112. The number of hydrogen-bond donors (Lipinski definition) is 2. The van der Waals surface area contributed by atoms with Crippen LogP contribution in [0.1, 0.15) is 17.4 Å². The van der Waals surface area contributed by atoms with E-state index >= 15 is 0 Å². The van der Waals surface area contributed by atoms with Crippen molar-refractivity contribution < 1.29 is 9.90 Å². The zero-order chi connectivity index (χ0) is 14.8. The predicted molar refractivity (Wildman–Crippen MR) is 83.8 cm³/mol. The van der Waals surface area contributed by atoms with Crippen molar-refractivity contribution in [3.05, 3.63) is 60.3 Å². The number of aromatic nitrogens is 1. The number of nitrogens with zero attached hydrogens (tertiary/aromatic N) is 1. The summed E-state index contributed by atoms with van der Waals surface area (Å²) in [5.41, 5.74) is 2.16. The first-order chi connectivity index (χ1) is 10.2. The second-order valence-corrected chi connectivity index (χ2v) is 4.84. The molecule has 3 aromatic rings. The molecule has 1 aromatic heterocycles. The smallest absolute Gasteiger partial charge is 0.274 e. The Balaban J connectivity index is 1.98. The highest BCUT2D eigenvalue weighted by molar-refractivity contribution is 6.07. The summed E-state index contributed by atoms with van der Waals surface area (Å²) in [6.07, 6.45) is 0. The highest BCUT2D eigenvalue weighted by Gasteiger charge is 2.18. The number of rotatable bonds is 3. The predicted octanol–water partition coefficient (Wildman–Crippen LogP) is 3.54. The lowest BCUT2D eigenvalue weighted by Gasteiger charge is -2.20. The molecule has 0 atom stereocenters. The fraction of sp³-hybridized carbons (Fsp3) is 0.118. The van der Waals surface area contributed by atoms with Gasteiger partial charge in [-0.25, -0.2) is 0 Å². The van der Waals surface area contributed by atoms with Gasteiger partial charge in [0.05, 0.1) is 0 Å². The number of fused-ring (bicyclic) bond motifs is 1. The SMILES string of the molecule is CCN(C(=O)c1cc2ccccc2[nH]1)c1cccc(O)c1. The maximum absolute atomic E-state index is 12.7. The summed E-state index contributed by atoms with van der Waals surface area (Å²) >= 11 is 0. The van der Waals surface area contributed by atoms with Gasteiger partial charge in [0, 0.05) is 29.2 Å². The zero-order valence-electron chi connectivity index (χ0n) is 11.7. The van der Waals surface area contributed by atoms with E-state index in [-0.39, 0.29) is 11.7 Å². The molecule has 0 unspecified atom stereocenters. The fourth-order valence-electron chi connectivity index (χ4n) is 2.44. The Kier molecular flexibility index (Phi) is 3.36. The number of para-hydroxylation sites is 1. The first kappa shape index (κ1) is 13.2. The summed E-state index contributed by atoms with van der Waals surface area (Å²) in [5.74, 6) is 0.0368. The second-order valence-electron chi connectivity index (χ2n) is 4.84. The summed E-state index contributed by atoms with van der Waals surface area (Å²) in [7, 11) is 0. The van der Waals surface area contributed by atoms with Crippen molar-refractivity contribution >= 4 is 22.5 Å². The van der Waals surface area contributed by atoms with Crippen molar-refractivity contribution in [2.75, 3.05) is 11.4 Å². The minimum atomic E-state index is -0.112. The van der Waals surface area contributed by atoms with Crippen LogP contribution in [0.2, 0.25) is 0 Å². The molecule has 106 valence electrons. The molecule has 0 spiro atoms. The average molecular weight is 280 g/mol. The Hall–Kier alpha value is -2.75. The molecular weight excluding hydrogens is 264 g/mol. The van der Waals surface area contributed by atoms with Crippen LogP contribution in [0.4, 0.5) is 5.69 Å². The maximum Gasteiger partial charge on any atom is 0.274 e. The van der Waals surface area contributed by atoms with E-state index in [9.17, 15) is 9.90 Å². The molecule has 0 saturated carbocycles. The van der Waals surface area contributed by atoms with E-state index < -0.39 is 0 Å². The number of H-pyrrole nitrogens is 1. The lowest BCUT2D eigenvalue weighted by atomic mass is 10.2. The zero-order valence-corrected chi connectivity index (χ0v) is 11.7. The van der Waals surface area contributed by atoms with Crippen LogP contribution in [0.3, 0.4) is 0 Å². The Labute approximate surface area is 122 Å². The van der Waals surface area contributed by atoms with E-state index in [1.807, 2.05) is 43.3 Å². The van der Waals surface area contributed by atoms with Gasteiger partial charge in [0.1, 0.15) is 11.4 Å². The van der Waals surface area contributed by atoms with Crippen molar-refractivity contribution in [2.45, 2.75) is 6.92 Å². The molecule has 1 amide bonds. The lowest BCUT2D eigenvalue weighted by molar-refractivity contribution is 0.0984. The van der Waals surface area contributed by atoms with Gasteiger partial charge in [-0.05, 0) is 31.2 Å². The largest absolute Gasteiger partial charge is 0.508 e. The molecule has 4 heteroatoms. The molecule has 0 aliphatic rings. The molecule has 2 N–H and O–H groups in total. The Morgan fingerprint density at radius 2 is 1.95 bits per heavy atom. The van der Waals surface area contributed by atoms with E-state index in [0.29, 0.717) is 17.9 Å². The first-order valence-electron chi connectivity index (χ1n) is 6.87. The Morgan fingerprint density at radius 1 is 1.14 bits per heavy atom. The number of phenols is 1. The van der Waals surface area contributed by atoms with E-state index in [1.54, 1.807) is 23.1 Å². The molecule has 0 aliphatic carbocycles. The third kappa shape index (κ3) is 2.48. The van der Waals surface area contributed by atoms with E-state index in [2.05, 4.69) is 4.98 Å². The van der Waals surface area contributed by atoms with Crippen LogP contribution in [0, 0.1) is 0 Å². The molecule has 0 bridgehead atoms. The average Bonchev–Trinajstić information content (AvgIpc) is 2.92. The number of aromatic amines is 1. The highest BCUT2D eigenvalue weighted by atomic mass is 16.3. The van der Waals surface area contributed by atoms with Crippen LogP contribution in [0.15, 0.2) is 54.6 Å². The quantitative estimate of drug-likeness (QED) is 0.771. The molecular formula is C17H16N2O2. The van der Waals surface area contributed by atoms with Crippen molar-refractivity contribution in [2.24, 2.45) is 0 Å². The van der Waals surface area contributed by atoms with Crippen LogP contribution >= 0.6 is 0 Å². The number of nitrogens with one attached hydrogen (secondary N) is 1. The summed E-state index contributed by atoms with van der Waals surface area (Å²) in [6.45, 7) is 2.43. The van der Waals surface area contributed by atoms with Gasteiger partial charge in [-0.1, -0.05) is 24.3 Å². The fourth-order valence-corrected chi connectivity index (χ4v) is 2.44. The lowest BCUT2D eigenvalue weighted by Crippen LogP contribution is -2.30. The van der Waals surface area contributed by atoms with Gasteiger partial charge in [0.15, 0.2) is 0 Å². The minimum Gasteiger partial charge on any atom is -0.508 e. The van der Waals surface area contributed by atoms with Crippen molar-refractivity contribution in [1.82, 2.24) is 4.98 Å². The molecule has 1 heterocycles. The molecule has 2 aromatic carbocycles. The molecule has 21 heavy (non-hydrogen) atoms. The second kappa shape index (κ2) is 5.32. The molecule has 0 aliphatic heterocycles. The number of carbonyl (C=O) groups is 1. The standard InChI is InChI=1S/C17H16N2O2/c1-2-19(13-7-5-8-14(20)11-13)17(21)16-10-12-6-3-4-9-15(12)18-16/h3-11,18,20H,2H2,1H3. The van der Waals surface area contributed by atoms with Gasteiger partial charge in [0.25, 0.3) is 5.91 Å². The van der Waals surface area contributed by atoms with Crippen LogP contribution in [0.25, 0.3) is 10.9 Å². The number of aromatic hydroxyl groups is 1. The maximum atomic E-state index is 12.7. The number of amides is 1. The number of phenolic OH excluding ortho intramolecular Hbond substituents is 1. The molecule has 0 radical (unpaired) electrons. The molecule has 4 nitrogen and oxygen atoms in total. The van der Waals surface area contributed by atoms with Gasteiger partial charge in [-0.2, -0.15) is 0 Å². The molecule has 3 rings (SSSR count). The Morgan fingerprint density at radius 3 is 2.67 bits per heavy atom. The summed E-state index contributed by atoms with van der Waals surface area (Å²) in [5, 5.41) is 10.6. The normalized spacial score (nSPS) is 10.7. The number of carbonyl (C=O) groups excluding carboxylic acids is 1. The number of anilines is 1. The Bertz CT molecular complexity index is 759. The van der Waals surface area contributed by atoms with Crippen LogP contribution in [-0.2, 0) is 0 Å². The third-order valence-corrected chi connectivity index (χ3v) is 3.46. The van der Waals surface area contributed by atoms with Gasteiger partial charge in [-0.3, -0.25) is 4.79 Å². The van der Waals surface area contributed by atoms with Crippen LogP contribution in [-0.4, -0.2) is 22.5 Å². The van der Waals surface area contributed by atoms with Crippen molar-refractivity contribution in [1.29, 1.82) is 0 Å². The van der Waals surface area contributed by atoms with Crippen molar-refractivity contribution in [3.63, 3.8) is 0 Å². The highest BCUT2D eigenvalue weighted by Crippen LogP contribution is 2.23. The monoisotopic (exact) mass is 280 g/mol. The summed E-state index contributed by atoms with van der Waals surface area (Å²) in [6, 6.07) is 16.3. The van der Waals surface area contributed by atoms with Gasteiger partial charge in [-0.15, -0.1) is 0 Å². The van der Waals surface area contributed by atoms with Crippen LogP contribution in [0.5, 0.6) is 5.75 Å². The van der Waals surface area contributed by atoms with Gasteiger partial charge < -0.3 is 15.0 Å². The summed E-state index contributed by atoms with van der Waals surface area (Å²) in [4.78, 5) is 17.4. The third-order valence-electron chi connectivity index (χ3n) is 3.46. The van der Waals surface area contributed by atoms with E-state index in [1.165, 1.54) is 0 Å². The number of benzene rings is 2. The van der Waals surface area contributed by atoms with Gasteiger partial charge >= 0.3 is 0 Å². The summed E-state index contributed by atoms with van der Waals surface area (Å²) < 4.78 is 0. The molecule has 0 saturated heterocycles. The molecule has 0 fully saturated rings. The van der Waals surface area contributed by atoms with E-state index in [0.717, 1.165) is 10.9 Å². The van der Waals surface area contributed by atoms with Gasteiger partial charge in [0.2, 0.25) is 0 Å². The first-order valence-corrected chi connectivity index (χ1v) is 6.87. The van der Waals surface area contributed by atoms with E-state index in [4.69, 9.17) is 0 Å². The topological polar surface area (TPSA) is 56.3 Å².